The Bertz CT molecular complexity index is 2440. The molecular weight excluding hydrogens is 679 g/mol. The quantitative estimate of drug-likeness (QED) is 0.175. The Hall–Kier alpha value is -5.08. The van der Waals surface area contributed by atoms with E-state index in [0.29, 0.717) is 11.8 Å². The zero-order chi connectivity index (χ0) is 37.8. The van der Waals surface area contributed by atoms with Crippen LogP contribution >= 0.6 is 0 Å². The Morgan fingerprint density at radius 2 is 0.964 bits per heavy atom. The molecule has 4 fully saturated rings. The molecule has 0 atom stereocenters. The summed E-state index contributed by atoms with van der Waals surface area (Å²) in [6.45, 7) is 9.71. The van der Waals surface area contributed by atoms with Crippen LogP contribution in [0.4, 0.5) is 17.1 Å². The van der Waals surface area contributed by atoms with E-state index in [2.05, 4.69) is 172 Å². The van der Waals surface area contributed by atoms with Crippen molar-refractivity contribution in [1.29, 1.82) is 0 Å². The number of benzene rings is 6. The van der Waals surface area contributed by atoms with Gasteiger partial charge in [-0.25, -0.2) is 0 Å². The molecule has 4 bridgehead atoms. The number of para-hydroxylation sites is 1. The first-order chi connectivity index (χ1) is 27.2. The summed E-state index contributed by atoms with van der Waals surface area (Å²) in [6.07, 6.45) is 9.27. The van der Waals surface area contributed by atoms with Crippen molar-refractivity contribution < 1.29 is 4.74 Å². The first kappa shape index (κ1) is 34.2. The molecule has 4 saturated carbocycles. The van der Waals surface area contributed by atoms with E-state index >= 15 is 0 Å². The van der Waals surface area contributed by atoms with E-state index < -0.39 is 0 Å². The average molecular weight is 732 g/mol. The Balaban J connectivity index is 1.06. The van der Waals surface area contributed by atoms with Gasteiger partial charge in [0.2, 0.25) is 0 Å². The summed E-state index contributed by atoms with van der Waals surface area (Å²) >= 11 is 0. The second-order valence-electron chi connectivity index (χ2n) is 19.2. The highest BCUT2D eigenvalue weighted by Gasteiger charge is 2.61. The summed E-state index contributed by atoms with van der Waals surface area (Å²) in [4.78, 5) is 2.48. The van der Waals surface area contributed by atoms with Gasteiger partial charge in [0.05, 0.1) is 0 Å². The van der Waals surface area contributed by atoms with Crippen LogP contribution < -0.4 is 9.64 Å². The summed E-state index contributed by atoms with van der Waals surface area (Å²) in [6, 6.07) is 52.4. The van der Waals surface area contributed by atoms with Crippen molar-refractivity contribution in [2.24, 2.45) is 23.7 Å². The van der Waals surface area contributed by atoms with Crippen molar-refractivity contribution in [3.05, 3.63) is 162 Å². The molecule has 6 aliphatic rings. The molecular formula is C54H53NO. The highest BCUT2D eigenvalue weighted by Crippen LogP contribution is 2.69. The molecule has 0 N–H and O–H groups in total. The Morgan fingerprint density at radius 3 is 1.64 bits per heavy atom. The number of fused-ring (bicyclic) bond motifs is 3. The van der Waals surface area contributed by atoms with E-state index in [9.17, 15) is 0 Å². The van der Waals surface area contributed by atoms with E-state index in [1.165, 1.54) is 95.1 Å². The zero-order valence-electron chi connectivity index (χ0n) is 33.4. The lowest BCUT2D eigenvalue weighted by molar-refractivity contribution is -0.0452. The summed E-state index contributed by atoms with van der Waals surface area (Å²) in [5.74, 6) is 5.28. The van der Waals surface area contributed by atoms with Crippen LogP contribution in [-0.2, 0) is 16.2 Å². The molecule has 1 spiro atoms. The summed E-state index contributed by atoms with van der Waals surface area (Å²) in [7, 11) is 0. The molecule has 6 aromatic rings. The van der Waals surface area contributed by atoms with Gasteiger partial charge in [-0.15, -0.1) is 0 Å². The molecule has 0 saturated heterocycles. The molecule has 0 radical (unpaired) electrons. The summed E-state index contributed by atoms with van der Waals surface area (Å²) in [5.41, 5.74) is 14.6. The molecule has 0 aromatic heterocycles. The predicted molar refractivity (Wildman–Crippen MR) is 232 cm³/mol. The summed E-state index contributed by atoms with van der Waals surface area (Å²) < 4.78 is 7.03. The molecule has 56 heavy (non-hydrogen) atoms. The molecule has 5 aliphatic carbocycles. The zero-order valence-corrected chi connectivity index (χ0v) is 33.4. The standard InChI is InChI=1S/C54H53NO/c1-52(2)26-27-53(3,4)49-33-42(22-24-46(49)52)55(41-20-18-38(19-21-41)45-15-9-8-14-44(45)37-12-6-5-7-13-37)43-23-25-48-51(34-43)56-50-17-11-10-16-47(50)54(48)39-29-35-28-36(31-39)32-40(54)30-35/h5-25,33-36,39-40H,26-32H2,1-4H3. The van der Waals surface area contributed by atoms with Gasteiger partial charge in [0, 0.05) is 39.7 Å². The molecule has 6 aromatic carbocycles. The minimum absolute atomic E-state index is 0.0379. The molecule has 1 aliphatic heterocycles. The highest BCUT2D eigenvalue weighted by atomic mass is 16.5. The second-order valence-corrected chi connectivity index (χ2v) is 19.2. The van der Waals surface area contributed by atoms with Crippen LogP contribution in [0.15, 0.2) is 140 Å². The van der Waals surface area contributed by atoms with Crippen LogP contribution in [0.3, 0.4) is 0 Å². The van der Waals surface area contributed by atoms with E-state index in [1.807, 2.05) is 0 Å². The molecule has 280 valence electrons. The van der Waals surface area contributed by atoms with E-state index in [0.717, 1.165) is 34.7 Å². The SMILES string of the molecule is CC1(C)CCC(C)(C)c2cc(N(c3ccc(-c4ccccc4-c4ccccc4)cc3)c3ccc4c(c3)Oc3ccccc3C43C4CC5CC(C4)CC3C5)ccc21. The van der Waals surface area contributed by atoms with Crippen LogP contribution in [0, 0.1) is 23.7 Å². The number of ether oxygens (including phenoxy) is 1. The van der Waals surface area contributed by atoms with E-state index in [-0.39, 0.29) is 16.2 Å². The fourth-order valence-electron chi connectivity index (χ4n) is 12.6. The topological polar surface area (TPSA) is 12.5 Å². The van der Waals surface area contributed by atoms with Gasteiger partial charge < -0.3 is 9.64 Å². The van der Waals surface area contributed by atoms with E-state index in [4.69, 9.17) is 4.74 Å². The first-order valence-electron chi connectivity index (χ1n) is 21.3. The maximum atomic E-state index is 7.03. The van der Waals surface area contributed by atoms with Crippen molar-refractivity contribution in [3.63, 3.8) is 0 Å². The maximum Gasteiger partial charge on any atom is 0.133 e. The van der Waals surface area contributed by atoms with Crippen molar-refractivity contribution in [2.75, 3.05) is 4.90 Å². The average Bonchev–Trinajstić information content (AvgIpc) is 3.21. The van der Waals surface area contributed by atoms with Gasteiger partial charge in [-0.1, -0.05) is 125 Å². The minimum Gasteiger partial charge on any atom is -0.457 e. The molecule has 0 amide bonds. The Kier molecular flexibility index (Phi) is 7.61. The van der Waals surface area contributed by atoms with Gasteiger partial charge in [-0.3, -0.25) is 0 Å². The van der Waals surface area contributed by atoms with Crippen LogP contribution in [0.2, 0.25) is 0 Å². The number of hydrogen-bond acceptors (Lipinski definition) is 2. The summed E-state index contributed by atoms with van der Waals surface area (Å²) in [5, 5.41) is 0. The van der Waals surface area contributed by atoms with Crippen molar-refractivity contribution in [2.45, 2.75) is 88.9 Å². The van der Waals surface area contributed by atoms with Crippen LogP contribution in [-0.4, -0.2) is 0 Å². The van der Waals surface area contributed by atoms with Crippen LogP contribution in [0.25, 0.3) is 22.3 Å². The maximum absolute atomic E-state index is 7.03. The number of rotatable bonds is 5. The van der Waals surface area contributed by atoms with Gasteiger partial charge in [0.1, 0.15) is 11.5 Å². The monoisotopic (exact) mass is 731 g/mol. The number of anilines is 3. The molecule has 12 rings (SSSR count). The molecule has 1 heterocycles. The molecule has 2 nitrogen and oxygen atoms in total. The van der Waals surface area contributed by atoms with Gasteiger partial charge >= 0.3 is 0 Å². The Morgan fingerprint density at radius 1 is 0.446 bits per heavy atom. The lowest BCUT2D eigenvalue weighted by Gasteiger charge is -2.63. The van der Waals surface area contributed by atoms with Gasteiger partial charge in [-0.2, -0.15) is 0 Å². The lowest BCUT2D eigenvalue weighted by Crippen LogP contribution is -2.56. The van der Waals surface area contributed by atoms with Crippen molar-refractivity contribution >= 4 is 17.1 Å². The Labute approximate surface area is 333 Å². The van der Waals surface area contributed by atoms with Crippen molar-refractivity contribution in [1.82, 2.24) is 0 Å². The first-order valence-corrected chi connectivity index (χ1v) is 21.3. The molecule has 2 heteroatoms. The normalized spacial score (nSPS) is 25.9. The van der Waals surface area contributed by atoms with Crippen LogP contribution in [0.1, 0.15) is 94.9 Å². The minimum atomic E-state index is 0.0379. The van der Waals surface area contributed by atoms with Gasteiger partial charge in [0.15, 0.2) is 0 Å². The third kappa shape index (κ3) is 5.13. The number of hydrogen-bond donors (Lipinski definition) is 0. The fourth-order valence-corrected chi connectivity index (χ4v) is 12.6. The highest BCUT2D eigenvalue weighted by molar-refractivity contribution is 5.86. The lowest BCUT2D eigenvalue weighted by atomic mass is 9.42. The molecule has 0 unspecified atom stereocenters. The van der Waals surface area contributed by atoms with E-state index in [1.54, 1.807) is 0 Å². The van der Waals surface area contributed by atoms with Crippen molar-refractivity contribution in [3.8, 4) is 33.8 Å². The smallest absolute Gasteiger partial charge is 0.133 e. The number of nitrogens with zero attached hydrogens (tertiary/aromatic N) is 1. The third-order valence-corrected chi connectivity index (χ3v) is 15.2. The fraction of sp³-hybridized carbons (Fsp3) is 0.333. The third-order valence-electron chi connectivity index (χ3n) is 15.2. The van der Waals surface area contributed by atoms with Crippen LogP contribution in [0.5, 0.6) is 11.5 Å². The van der Waals surface area contributed by atoms with Gasteiger partial charge in [0.25, 0.3) is 0 Å². The van der Waals surface area contributed by atoms with Gasteiger partial charge in [-0.05, 0) is 149 Å². The second kappa shape index (κ2) is 12.5. The predicted octanol–water partition coefficient (Wildman–Crippen LogP) is 14.7. The largest absolute Gasteiger partial charge is 0.457 e.